The molecule has 1 aliphatic rings. The van der Waals surface area contributed by atoms with Crippen LogP contribution in [-0.4, -0.2) is 47.4 Å². The number of carboxylic acid groups (broad SMARTS) is 1. The van der Waals surface area contributed by atoms with Gasteiger partial charge in [-0.25, -0.2) is 4.79 Å². The van der Waals surface area contributed by atoms with Gasteiger partial charge in [0.25, 0.3) is 0 Å². The highest BCUT2D eigenvalue weighted by molar-refractivity contribution is 5.87. The third kappa shape index (κ3) is 2.64. The highest BCUT2D eigenvalue weighted by atomic mass is 16.5. The van der Waals surface area contributed by atoms with Crippen molar-refractivity contribution in [1.82, 2.24) is 10.2 Å². The summed E-state index contributed by atoms with van der Waals surface area (Å²) < 4.78 is 4.53. The van der Waals surface area contributed by atoms with Crippen molar-refractivity contribution in [1.29, 1.82) is 0 Å². The van der Waals surface area contributed by atoms with Crippen molar-refractivity contribution in [2.45, 2.75) is 6.92 Å². The van der Waals surface area contributed by atoms with Gasteiger partial charge in [-0.3, -0.25) is 4.79 Å². The van der Waals surface area contributed by atoms with Gasteiger partial charge in [0.05, 0.1) is 13.0 Å². The molecule has 1 aliphatic heterocycles. The zero-order valence-electron chi connectivity index (χ0n) is 10.7. The standard InChI is InChI=1S/C12H15N3O4/c1-7(11(16)17)8-5-15(6-8)10-4-3-9(13-14-10)12(18)19-2/h3-4,7-8H,5-6H2,1-2H3,(H,16,17). The van der Waals surface area contributed by atoms with Gasteiger partial charge in [-0.2, -0.15) is 0 Å². The summed E-state index contributed by atoms with van der Waals surface area (Å²) in [5, 5.41) is 16.6. The zero-order valence-corrected chi connectivity index (χ0v) is 10.7. The third-order valence-corrected chi connectivity index (χ3v) is 3.38. The third-order valence-electron chi connectivity index (χ3n) is 3.38. The van der Waals surface area contributed by atoms with Crippen LogP contribution < -0.4 is 4.90 Å². The van der Waals surface area contributed by atoms with Crippen LogP contribution in [0.15, 0.2) is 12.1 Å². The number of esters is 1. The number of hydrogen-bond acceptors (Lipinski definition) is 6. The number of methoxy groups -OCH3 is 1. The Hall–Kier alpha value is -2.18. The van der Waals surface area contributed by atoms with Crippen LogP contribution in [0, 0.1) is 11.8 Å². The minimum atomic E-state index is -0.781. The van der Waals surface area contributed by atoms with Crippen LogP contribution in [0.1, 0.15) is 17.4 Å². The molecule has 1 aromatic rings. The Morgan fingerprint density at radius 1 is 1.42 bits per heavy atom. The molecule has 0 spiro atoms. The summed E-state index contributed by atoms with van der Waals surface area (Å²) in [7, 11) is 1.28. The summed E-state index contributed by atoms with van der Waals surface area (Å²) in [6, 6.07) is 3.23. The first kappa shape index (κ1) is 13.3. The van der Waals surface area contributed by atoms with Crippen LogP contribution >= 0.6 is 0 Å². The molecule has 0 saturated carbocycles. The lowest BCUT2D eigenvalue weighted by Crippen LogP contribution is -2.51. The molecule has 1 fully saturated rings. The molecular formula is C12H15N3O4. The van der Waals surface area contributed by atoms with E-state index >= 15 is 0 Å². The highest BCUT2D eigenvalue weighted by Crippen LogP contribution is 2.27. The number of anilines is 1. The zero-order chi connectivity index (χ0) is 14.0. The maximum atomic E-state index is 11.2. The summed E-state index contributed by atoms with van der Waals surface area (Å²) in [4.78, 5) is 24.0. The molecule has 0 aliphatic carbocycles. The molecule has 1 atom stereocenters. The fraction of sp³-hybridized carbons (Fsp3) is 0.500. The van der Waals surface area contributed by atoms with Crippen molar-refractivity contribution >= 4 is 17.8 Å². The van der Waals surface area contributed by atoms with Crippen molar-refractivity contribution in [2.75, 3.05) is 25.1 Å². The fourth-order valence-corrected chi connectivity index (χ4v) is 1.92. The summed E-state index contributed by atoms with van der Waals surface area (Å²) in [5.41, 5.74) is 0.155. The van der Waals surface area contributed by atoms with E-state index in [4.69, 9.17) is 5.11 Å². The maximum Gasteiger partial charge on any atom is 0.358 e. The number of aliphatic carboxylic acids is 1. The van der Waals surface area contributed by atoms with Gasteiger partial charge in [-0.05, 0) is 12.1 Å². The monoisotopic (exact) mass is 265 g/mol. The Labute approximate surface area is 110 Å². The number of carboxylic acids is 1. The van der Waals surface area contributed by atoms with Crippen molar-refractivity contribution in [2.24, 2.45) is 11.8 Å². The average Bonchev–Trinajstić information content (AvgIpc) is 2.36. The summed E-state index contributed by atoms with van der Waals surface area (Å²) in [6.07, 6.45) is 0. The van der Waals surface area contributed by atoms with Crippen LogP contribution in [0.4, 0.5) is 5.82 Å². The maximum absolute atomic E-state index is 11.2. The van der Waals surface area contributed by atoms with Crippen LogP contribution in [0.2, 0.25) is 0 Å². The van der Waals surface area contributed by atoms with E-state index in [-0.39, 0.29) is 17.5 Å². The van der Waals surface area contributed by atoms with E-state index in [1.165, 1.54) is 7.11 Å². The molecule has 7 nitrogen and oxygen atoms in total. The normalized spacial score (nSPS) is 16.6. The minimum absolute atomic E-state index is 0.125. The number of carbonyl (C=O) groups excluding carboxylic acids is 1. The van der Waals surface area contributed by atoms with Crippen molar-refractivity contribution < 1.29 is 19.4 Å². The van der Waals surface area contributed by atoms with Gasteiger partial charge >= 0.3 is 11.9 Å². The molecule has 1 N–H and O–H groups in total. The Kier molecular flexibility index (Phi) is 3.64. The number of carbonyl (C=O) groups is 2. The molecule has 0 aromatic carbocycles. The molecule has 102 valence electrons. The lowest BCUT2D eigenvalue weighted by Gasteiger charge is -2.41. The van der Waals surface area contributed by atoms with Crippen LogP contribution in [0.25, 0.3) is 0 Å². The first-order valence-electron chi connectivity index (χ1n) is 5.92. The molecule has 0 radical (unpaired) electrons. The molecule has 2 rings (SSSR count). The van der Waals surface area contributed by atoms with Gasteiger partial charge < -0.3 is 14.7 Å². The van der Waals surface area contributed by atoms with Crippen LogP contribution in [-0.2, 0) is 9.53 Å². The van der Waals surface area contributed by atoms with E-state index < -0.39 is 11.9 Å². The smallest absolute Gasteiger partial charge is 0.358 e. The van der Waals surface area contributed by atoms with Gasteiger partial charge in [0.2, 0.25) is 0 Å². The quantitative estimate of drug-likeness (QED) is 0.788. The molecule has 1 unspecified atom stereocenters. The summed E-state index contributed by atoms with van der Waals surface area (Å²) in [5.74, 6) is -0.906. The second-order valence-electron chi connectivity index (χ2n) is 4.56. The first-order chi connectivity index (χ1) is 9.02. The van der Waals surface area contributed by atoms with Gasteiger partial charge in [0.15, 0.2) is 11.5 Å². The molecule has 1 saturated heterocycles. The Bertz CT molecular complexity index is 482. The number of hydrogen-bond donors (Lipinski definition) is 1. The topological polar surface area (TPSA) is 92.6 Å². The van der Waals surface area contributed by atoms with Gasteiger partial charge in [-0.1, -0.05) is 6.92 Å². The average molecular weight is 265 g/mol. The van der Waals surface area contributed by atoms with Crippen LogP contribution in [0.3, 0.4) is 0 Å². The second-order valence-corrected chi connectivity index (χ2v) is 4.56. The van der Waals surface area contributed by atoms with Crippen molar-refractivity contribution in [3.8, 4) is 0 Å². The SMILES string of the molecule is COC(=O)c1ccc(N2CC(C(C)C(=O)O)C2)nn1. The van der Waals surface area contributed by atoms with Crippen molar-refractivity contribution in [3.05, 3.63) is 17.8 Å². The predicted molar refractivity (Wildman–Crippen MR) is 65.9 cm³/mol. The van der Waals surface area contributed by atoms with Gasteiger partial charge in [-0.15, -0.1) is 10.2 Å². The van der Waals surface area contributed by atoms with Crippen molar-refractivity contribution in [3.63, 3.8) is 0 Å². The second kappa shape index (κ2) is 5.21. The molecule has 1 aromatic heterocycles. The van der Waals surface area contributed by atoms with Gasteiger partial charge in [0.1, 0.15) is 0 Å². The van der Waals surface area contributed by atoms with E-state index in [0.717, 1.165) is 0 Å². The van der Waals surface area contributed by atoms with Crippen LogP contribution in [0.5, 0.6) is 0 Å². The van der Waals surface area contributed by atoms with E-state index in [1.54, 1.807) is 19.1 Å². The number of nitrogens with zero attached hydrogens (tertiary/aromatic N) is 3. The first-order valence-corrected chi connectivity index (χ1v) is 5.92. The highest BCUT2D eigenvalue weighted by Gasteiger charge is 2.35. The molecule has 0 bridgehead atoms. The molecule has 2 heterocycles. The Morgan fingerprint density at radius 3 is 2.58 bits per heavy atom. The molecule has 19 heavy (non-hydrogen) atoms. The lowest BCUT2D eigenvalue weighted by atomic mass is 9.87. The molecule has 7 heteroatoms. The van der Waals surface area contributed by atoms with E-state index in [0.29, 0.717) is 18.9 Å². The van der Waals surface area contributed by atoms with Gasteiger partial charge in [0, 0.05) is 19.0 Å². The van der Waals surface area contributed by atoms with E-state index in [1.807, 2.05) is 4.90 Å². The fourth-order valence-electron chi connectivity index (χ4n) is 1.92. The predicted octanol–water partition coefficient (Wildman–Crippen LogP) is 0.420. The Balaban J connectivity index is 1.95. The lowest BCUT2D eigenvalue weighted by molar-refractivity contribution is -0.143. The largest absolute Gasteiger partial charge is 0.481 e. The number of rotatable bonds is 4. The summed E-state index contributed by atoms with van der Waals surface area (Å²) >= 11 is 0. The molecule has 0 amide bonds. The minimum Gasteiger partial charge on any atom is -0.481 e. The van der Waals surface area contributed by atoms with E-state index in [9.17, 15) is 9.59 Å². The Morgan fingerprint density at radius 2 is 2.11 bits per heavy atom. The number of ether oxygens (including phenoxy) is 1. The van der Waals surface area contributed by atoms with E-state index in [2.05, 4.69) is 14.9 Å². The number of aromatic nitrogens is 2. The molecular weight excluding hydrogens is 250 g/mol. The summed E-state index contributed by atoms with van der Waals surface area (Å²) in [6.45, 7) is 2.98.